The van der Waals surface area contributed by atoms with E-state index in [1.807, 2.05) is 30.3 Å². The number of benzene rings is 1. The number of hydrogen-bond donors (Lipinski definition) is 1. The average Bonchev–Trinajstić information content (AvgIpc) is 3.05. The van der Waals surface area contributed by atoms with Crippen molar-refractivity contribution in [1.29, 1.82) is 0 Å². The molecule has 2 heterocycles. The maximum atomic E-state index is 12.5. The van der Waals surface area contributed by atoms with Crippen molar-refractivity contribution in [3.63, 3.8) is 0 Å². The third kappa shape index (κ3) is 2.55. The van der Waals surface area contributed by atoms with Gasteiger partial charge in [0.2, 0.25) is 5.91 Å². The molecule has 5 nitrogen and oxygen atoms in total. The van der Waals surface area contributed by atoms with Crippen LogP contribution in [0.1, 0.15) is 31.4 Å². The minimum atomic E-state index is -0.643. The summed E-state index contributed by atoms with van der Waals surface area (Å²) >= 11 is 0. The van der Waals surface area contributed by atoms with Gasteiger partial charge in [0, 0.05) is 6.54 Å². The number of carbonyl (C=O) groups is 2. The van der Waals surface area contributed by atoms with E-state index in [-0.39, 0.29) is 18.0 Å². The van der Waals surface area contributed by atoms with Crippen LogP contribution in [-0.4, -0.2) is 30.6 Å². The van der Waals surface area contributed by atoms with Crippen LogP contribution in [0.5, 0.6) is 0 Å². The van der Waals surface area contributed by atoms with Crippen LogP contribution in [0.4, 0.5) is 0 Å². The highest BCUT2D eigenvalue weighted by Gasteiger charge is 2.72. The van der Waals surface area contributed by atoms with Gasteiger partial charge in [-0.15, -0.1) is 0 Å². The van der Waals surface area contributed by atoms with E-state index < -0.39 is 11.0 Å². The molecule has 1 aromatic carbocycles. The van der Waals surface area contributed by atoms with Crippen LogP contribution in [0.3, 0.4) is 0 Å². The quantitative estimate of drug-likeness (QED) is 0.645. The lowest BCUT2D eigenvalue weighted by atomic mass is 9.59. The van der Waals surface area contributed by atoms with Gasteiger partial charge in [-0.05, 0) is 31.4 Å². The Labute approximate surface area is 135 Å². The molecule has 2 bridgehead atoms. The molecule has 1 aliphatic carbocycles. The molecule has 1 aromatic rings. The second-order valence-electron chi connectivity index (χ2n) is 6.24. The van der Waals surface area contributed by atoms with E-state index >= 15 is 0 Å². The minimum Gasteiger partial charge on any atom is -0.465 e. The third-order valence-electron chi connectivity index (χ3n) is 4.70. The summed E-state index contributed by atoms with van der Waals surface area (Å²) in [4.78, 5) is 23.9. The largest absolute Gasteiger partial charge is 0.465 e. The van der Waals surface area contributed by atoms with Crippen LogP contribution in [0.25, 0.3) is 0 Å². The molecule has 5 heteroatoms. The lowest BCUT2D eigenvalue weighted by Gasteiger charge is -2.43. The van der Waals surface area contributed by atoms with Gasteiger partial charge in [0.1, 0.15) is 5.41 Å². The Hall–Kier alpha value is -2.14. The fraction of sp³-hybridized carbons (Fsp3) is 0.444. The molecule has 0 spiro atoms. The molecular weight excluding hydrogens is 294 g/mol. The first-order valence-electron chi connectivity index (χ1n) is 7.85. The highest BCUT2D eigenvalue weighted by Crippen LogP contribution is 2.67. The summed E-state index contributed by atoms with van der Waals surface area (Å²) in [6.45, 7) is 5.97. The lowest BCUT2D eigenvalue weighted by Crippen LogP contribution is -2.54. The average molecular weight is 315 g/mol. The Morgan fingerprint density at radius 1 is 1.39 bits per heavy atom. The summed E-state index contributed by atoms with van der Waals surface area (Å²) in [5.74, 6) is -0.447. The number of esters is 1. The molecule has 0 radical (unpaired) electrons. The zero-order valence-electron chi connectivity index (χ0n) is 13.2. The van der Waals surface area contributed by atoms with E-state index in [1.165, 1.54) is 6.08 Å². The number of nitrogens with one attached hydrogen (secondary N) is 1. The first kappa shape index (κ1) is 15.7. The van der Waals surface area contributed by atoms with Crippen molar-refractivity contribution in [3.8, 4) is 0 Å². The summed E-state index contributed by atoms with van der Waals surface area (Å²) in [7, 11) is 0. The molecule has 2 aliphatic heterocycles. The molecule has 1 atom stereocenters. The molecular formula is C18H21NO4. The van der Waals surface area contributed by atoms with E-state index in [9.17, 15) is 9.59 Å². The summed E-state index contributed by atoms with van der Waals surface area (Å²) < 4.78 is 11.5. The smallest absolute Gasteiger partial charge is 0.315 e. The molecule has 3 aliphatic rings. The van der Waals surface area contributed by atoms with Crippen molar-refractivity contribution >= 4 is 11.9 Å². The SMILES string of the molecule is C=CC(=O)NCC12CC(C(=O)OCC)(C1)C(c1ccccc1)O2. The minimum absolute atomic E-state index is 0.211. The monoisotopic (exact) mass is 315 g/mol. The molecule has 23 heavy (non-hydrogen) atoms. The topological polar surface area (TPSA) is 64.6 Å². The Morgan fingerprint density at radius 3 is 2.70 bits per heavy atom. The predicted molar refractivity (Wildman–Crippen MR) is 84.5 cm³/mol. The standard InChI is InChI=1S/C18H21NO4/c1-3-14(20)19-12-17-10-18(11-17,16(21)22-4-2)15(23-17)13-8-6-5-7-9-13/h3,5-9,15H,1,4,10-12H2,2H3,(H,19,20). The number of ether oxygens (including phenoxy) is 2. The summed E-state index contributed by atoms with van der Waals surface area (Å²) in [5, 5.41) is 2.78. The first-order valence-corrected chi connectivity index (χ1v) is 7.85. The van der Waals surface area contributed by atoms with Crippen molar-refractivity contribution in [2.75, 3.05) is 13.2 Å². The van der Waals surface area contributed by atoms with Gasteiger partial charge in [-0.1, -0.05) is 36.9 Å². The summed E-state index contributed by atoms with van der Waals surface area (Å²) in [5.41, 5.74) is -0.169. The molecule has 2 saturated heterocycles. The van der Waals surface area contributed by atoms with E-state index in [1.54, 1.807) is 6.92 Å². The second-order valence-corrected chi connectivity index (χ2v) is 6.24. The second kappa shape index (κ2) is 5.81. The summed E-state index contributed by atoms with van der Waals surface area (Å²) in [6.07, 6.45) is 2.03. The zero-order chi connectivity index (χ0) is 16.5. The zero-order valence-corrected chi connectivity index (χ0v) is 13.2. The van der Waals surface area contributed by atoms with Crippen molar-refractivity contribution in [1.82, 2.24) is 5.32 Å². The van der Waals surface area contributed by atoms with Crippen molar-refractivity contribution in [3.05, 3.63) is 48.6 Å². The van der Waals surface area contributed by atoms with Crippen LogP contribution in [0.15, 0.2) is 43.0 Å². The van der Waals surface area contributed by atoms with E-state index in [2.05, 4.69) is 11.9 Å². The Balaban J connectivity index is 1.83. The van der Waals surface area contributed by atoms with Gasteiger partial charge in [-0.3, -0.25) is 9.59 Å². The van der Waals surface area contributed by atoms with Gasteiger partial charge >= 0.3 is 5.97 Å². The highest BCUT2D eigenvalue weighted by atomic mass is 16.6. The van der Waals surface area contributed by atoms with E-state index in [0.717, 1.165) is 5.56 Å². The van der Waals surface area contributed by atoms with Gasteiger partial charge in [-0.25, -0.2) is 0 Å². The van der Waals surface area contributed by atoms with Crippen molar-refractivity contribution < 1.29 is 19.1 Å². The molecule has 1 unspecified atom stereocenters. The van der Waals surface area contributed by atoms with E-state index in [0.29, 0.717) is 26.0 Å². The van der Waals surface area contributed by atoms with Gasteiger partial charge in [-0.2, -0.15) is 0 Å². The van der Waals surface area contributed by atoms with Crippen LogP contribution in [0.2, 0.25) is 0 Å². The highest BCUT2D eigenvalue weighted by molar-refractivity contribution is 5.87. The molecule has 1 N–H and O–H groups in total. The van der Waals surface area contributed by atoms with Gasteiger partial charge in [0.15, 0.2) is 0 Å². The lowest BCUT2D eigenvalue weighted by molar-refractivity contribution is -0.161. The summed E-state index contributed by atoms with van der Waals surface area (Å²) in [6, 6.07) is 9.71. The maximum Gasteiger partial charge on any atom is 0.315 e. The van der Waals surface area contributed by atoms with Gasteiger partial charge in [0.05, 0.1) is 18.3 Å². The molecule has 122 valence electrons. The predicted octanol–water partition coefficient (Wildman–Crippen LogP) is 2.14. The Morgan fingerprint density at radius 2 is 2.09 bits per heavy atom. The van der Waals surface area contributed by atoms with E-state index in [4.69, 9.17) is 9.47 Å². The molecule has 1 saturated carbocycles. The van der Waals surface area contributed by atoms with Gasteiger partial charge in [0.25, 0.3) is 0 Å². The Kier molecular flexibility index (Phi) is 3.98. The fourth-order valence-corrected chi connectivity index (χ4v) is 3.76. The maximum absolute atomic E-state index is 12.5. The normalized spacial score (nSPS) is 31.1. The molecule has 0 aromatic heterocycles. The number of rotatable bonds is 6. The van der Waals surface area contributed by atoms with Crippen LogP contribution < -0.4 is 5.32 Å². The van der Waals surface area contributed by atoms with Crippen molar-refractivity contribution in [2.45, 2.75) is 31.5 Å². The van der Waals surface area contributed by atoms with Crippen molar-refractivity contribution in [2.24, 2.45) is 5.41 Å². The Bertz CT molecular complexity index is 619. The number of fused-ring (bicyclic) bond motifs is 1. The number of carbonyl (C=O) groups excluding carboxylic acids is 2. The number of hydrogen-bond acceptors (Lipinski definition) is 4. The third-order valence-corrected chi connectivity index (χ3v) is 4.70. The van der Waals surface area contributed by atoms with Crippen LogP contribution in [0, 0.1) is 5.41 Å². The molecule has 1 amide bonds. The number of amides is 1. The molecule has 4 rings (SSSR count). The van der Waals surface area contributed by atoms with Crippen LogP contribution >= 0.6 is 0 Å². The fourth-order valence-electron chi connectivity index (χ4n) is 3.76. The molecule has 3 fully saturated rings. The first-order chi connectivity index (χ1) is 11.1. The van der Waals surface area contributed by atoms with Crippen LogP contribution in [-0.2, 0) is 19.1 Å². The van der Waals surface area contributed by atoms with Gasteiger partial charge < -0.3 is 14.8 Å².